The van der Waals surface area contributed by atoms with Gasteiger partial charge in [0.25, 0.3) is 0 Å². The van der Waals surface area contributed by atoms with E-state index in [1.54, 1.807) is 12.1 Å². The maximum Gasteiger partial charge on any atom is 0.341 e. The molecule has 0 fully saturated rings. The molecular weight excluding hydrogens is 494 g/mol. The molecule has 0 aromatic heterocycles. The molecule has 0 aliphatic heterocycles. The number of methoxy groups -OCH3 is 2. The lowest BCUT2D eigenvalue weighted by molar-refractivity contribution is -0.0162. The highest BCUT2D eigenvalue weighted by Crippen LogP contribution is 2.22. The maximum atomic E-state index is 11.9. The van der Waals surface area contributed by atoms with Crippen molar-refractivity contribution in [2.45, 2.75) is 0 Å². The zero-order valence-corrected chi connectivity index (χ0v) is 15.1. The van der Waals surface area contributed by atoms with Gasteiger partial charge in [0.1, 0.15) is 0 Å². The average molecular weight is 506 g/mol. The molecule has 0 radical (unpaired) electrons. The number of halogens is 2. The Bertz CT molecular complexity index is 458. The van der Waals surface area contributed by atoms with E-state index < -0.39 is 11.9 Å². The van der Waals surface area contributed by atoms with Gasteiger partial charge >= 0.3 is 11.9 Å². The number of ether oxygens (including phenoxy) is 4. The van der Waals surface area contributed by atoms with E-state index in [4.69, 9.17) is 9.47 Å². The number of benzene rings is 1. The van der Waals surface area contributed by atoms with Crippen molar-refractivity contribution < 1.29 is 28.5 Å². The summed E-state index contributed by atoms with van der Waals surface area (Å²) >= 11 is 4.13. The van der Waals surface area contributed by atoms with E-state index >= 15 is 0 Å². The number of carbonyl (C=O) groups is 2. The summed E-state index contributed by atoms with van der Waals surface area (Å²) in [5.41, 5.74) is 0.265. The van der Waals surface area contributed by atoms with Crippen LogP contribution in [0.25, 0.3) is 0 Å². The van der Waals surface area contributed by atoms with Crippen LogP contribution in [0.1, 0.15) is 20.7 Å². The van der Waals surface area contributed by atoms with E-state index in [0.717, 1.165) is 7.14 Å². The Kier molecular flexibility index (Phi) is 7.69. The van der Waals surface area contributed by atoms with Crippen molar-refractivity contribution >= 4 is 57.1 Å². The number of esters is 2. The molecule has 0 heterocycles. The topological polar surface area (TPSA) is 71.1 Å². The van der Waals surface area contributed by atoms with Crippen molar-refractivity contribution in [3.63, 3.8) is 0 Å². The Morgan fingerprint density at radius 3 is 1.55 bits per heavy atom. The highest BCUT2D eigenvalue weighted by atomic mass is 127. The predicted molar refractivity (Wildman–Crippen MR) is 86.5 cm³/mol. The smallest absolute Gasteiger partial charge is 0.341 e. The van der Waals surface area contributed by atoms with Gasteiger partial charge in [0.05, 0.1) is 11.1 Å². The molecule has 0 saturated heterocycles. The second-order valence-corrected chi connectivity index (χ2v) is 5.81. The standard InChI is InChI=1S/C12H12I2O6/c1-17-5-19-11(15)7-3-9(13)10(14)4-8(7)12(16)20-6-18-2/h3-4H,5-6H2,1-2H3. The average Bonchev–Trinajstić information content (AvgIpc) is 2.44. The number of hydrogen-bond acceptors (Lipinski definition) is 6. The molecule has 1 aromatic carbocycles. The molecule has 1 aromatic rings. The summed E-state index contributed by atoms with van der Waals surface area (Å²) in [5.74, 6) is -1.30. The summed E-state index contributed by atoms with van der Waals surface area (Å²) < 4.78 is 20.7. The van der Waals surface area contributed by atoms with Crippen molar-refractivity contribution in [1.29, 1.82) is 0 Å². The molecule has 6 nitrogen and oxygen atoms in total. The number of rotatable bonds is 6. The van der Waals surface area contributed by atoms with Crippen molar-refractivity contribution in [3.05, 3.63) is 30.4 Å². The molecule has 8 heteroatoms. The van der Waals surface area contributed by atoms with Crippen LogP contribution in [-0.4, -0.2) is 39.7 Å². The third-order valence-electron chi connectivity index (χ3n) is 2.12. The van der Waals surface area contributed by atoms with Gasteiger partial charge in [-0.15, -0.1) is 0 Å². The molecule has 0 aliphatic rings. The SMILES string of the molecule is COCOC(=O)c1cc(I)c(I)cc1C(=O)OCOC. The van der Waals surface area contributed by atoms with Gasteiger partial charge in [-0.1, -0.05) is 0 Å². The summed E-state index contributed by atoms with van der Waals surface area (Å²) in [5, 5.41) is 0. The lowest BCUT2D eigenvalue weighted by Gasteiger charge is -2.10. The first kappa shape index (κ1) is 17.6. The fraction of sp³-hybridized carbons (Fsp3) is 0.333. The predicted octanol–water partition coefficient (Wildman–Crippen LogP) is 2.42. The van der Waals surface area contributed by atoms with Crippen LogP contribution in [-0.2, 0) is 18.9 Å². The molecule has 1 rings (SSSR count). The molecule has 0 amide bonds. The van der Waals surface area contributed by atoms with E-state index in [0.29, 0.717) is 0 Å². The van der Waals surface area contributed by atoms with Crippen LogP contribution >= 0.6 is 45.2 Å². The van der Waals surface area contributed by atoms with Crippen LogP contribution in [0.3, 0.4) is 0 Å². The largest absolute Gasteiger partial charge is 0.435 e. The van der Waals surface area contributed by atoms with Gasteiger partial charge in [-0.3, -0.25) is 0 Å². The van der Waals surface area contributed by atoms with E-state index in [-0.39, 0.29) is 24.7 Å². The third kappa shape index (κ3) is 4.82. The molecule has 0 bridgehead atoms. The first-order valence-electron chi connectivity index (χ1n) is 5.32. The van der Waals surface area contributed by atoms with Crippen LogP contribution in [0.4, 0.5) is 0 Å². The van der Waals surface area contributed by atoms with Gasteiger partial charge in [-0.05, 0) is 57.3 Å². The Labute approximate surface area is 143 Å². The van der Waals surface area contributed by atoms with Crippen molar-refractivity contribution in [2.24, 2.45) is 0 Å². The summed E-state index contributed by atoms with van der Waals surface area (Å²) in [4.78, 5) is 23.8. The highest BCUT2D eigenvalue weighted by Gasteiger charge is 2.21. The zero-order chi connectivity index (χ0) is 15.1. The second-order valence-electron chi connectivity index (χ2n) is 3.49. The van der Waals surface area contributed by atoms with Crippen LogP contribution in [0.15, 0.2) is 12.1 Å². The van der Waals surface area contributed by atoms with E-state index in [1.165, 1.54) is 14.2 Å². The van der Waals surface area contributed by atoms with Gasteiger partial charge in [0, 0.05) is 21.4 Å². The quantitative estimate of drug-likeness (QED) is 0.336. The second kappa shape index (κ2) is 8.74. The Balaban J connectivity index is 3.10. The molecule has 0 unspecified atom stereocenters. The minimum Gasteiger partial charge on any atom is -0.435 e. The third-order valence-corrected chi connectivity index (χ3v) is 4.93. The molecule has 20 heavy (non-hydrogen) atoms. The van der Waals surface area contributed by atoms with Crippen LogP contribution in [0.5, 0.6) is 0 Å². The van der Waals surface area contributed by atoms with Gasteiger partial charge in [-0.25, -0.2) is 9.59 Å². The van der Waals surface area contributed by atoms with Crippen molar-refractivity contribution in [1.82, 2.24) is 0 Å². The fourth-order valence-electron chi connectivity index (χ4n) is 1.26. The molecule has 0 atom stereocenters. The summed E-state index contributed by atoms with van der Waals surface area (Å²) in [6.45, 7) is -0.373. The molecule has 0 saturated carbocycles. The molecular formula is C12H12I2O6. The normalized spacial score (nSPS) is 10.2. The first-order chi connectivity index (χ1) is 9.51. The van der Waals surface area contributed by atoms with E-state index in [1.807, 2.05) is 0 Å². The van der Waals surface area contributed by atoms with Crippen LogP contribution < -0.4 is 0 Å². The van der Waals surface area contributed by atoms with E-state index in [2.05, 4.69) is 54.7 Å². The van der Waals surface area contributed by atoms with Gasteiger partial charge in [0.15, 0.2) is 13.6 Å². The van der Waals surface area contributed by atoms with Crippen molar-refractivity contribution in [2.75, 3.05) is 27.8 Å². The minimum atomic E-state index is -0.648. The zero-order valence-electron chi connectivity index (χ0n) is 10.8. The van der Waals surface area contributed by atoms with Gasteiger partial charge < -0.3 is 18.9 Å². The lowest BCUT2D eigenvalue weighted by atomic mass is 10.1. The van der Waals surface area contributed by atoms with Crippen LogP contribution in [0, 0.1) is 7.14 Å². The van der Waals surface area contributed by atoms with Gasteiger partial charge in [0.2, 0.25) is 0 Å². The lowest BCUT2D eigenvalue weighted by Crippen LogP contribution is -2.16. The Morgan fingerprint density at radius 2 is 1.25 bits per heavy atom. The molecule has 110 valence electrons. The molecule has 0 N–H and O–H groups in total. The molecule has 0 aliphatic carbocycles. The Morgan fingerprint density at radius 1 is 0.900 bits per heavy atom. The van der Waals surface area contributed by atoms with Gasteiger partial charge in [-0.2, -0.15) is 0 Å². The van der Waals surface area contributed by atoms with Crippen molar-refractivity contribution in [3.8, 4) is 0 Å². The maximum absolute atomic E-state index is 11.9. The first-order valence-corrected chi connectivity index (χ1v) is 7.48. The number of hydrogen-bond donors (Lipinski definition) is 0. The highest BCUT2D eigenvalue weighted by molar-refractivity contribution is 14.1. The monoisotopic (exact) mass is 506 g/mol. The summed E-state index contributed by atoms with van der Waals surface area (Å²) in [6.07, 6.45) is 0. The summed E-state index contributed by atoms with van der Waals surface area (Å²) in [7, 11) is 2.80. The summed E-state index contributed by atoms with van der Waals surface area (Å²) in [6, 6.07) is 3.15. The fourth-order valence-corrected chi connectivity index (χ4v) is 2.20. The van der Waals surface area contributed by atoms with Crippen LogP contribution in [0.2, 0.25) is 0 Å². The molecule has 0 spiro atoms. The minimum absolute atomic E-state index is 0.132. The number of carbonyl (C=O) groups excluding carboxylic acids is 2. The Hall–Kier alpha value is -0.460. The van der Waals surface area contributed by atoms with E-state index in [9.17, 15) is 9.59 Å².